The van der Waals surface area contributed by atoms with E-state index in [4.69, 9.17) is 4.74 Å². The molecule has 1 amide bonds. The minimum atomic E-state index is -0.545. The predicted molar refractivity (Wildman–Crippen MR) is 123 cm³/mol. The number of hydrogen-bond donors (Lipinski definition) is 3. The molecule has 174 valence electrons. The maximum atomic E-state index is 11.8. The molecule has 1 aromatic heterocycles. The topological polar surface area (TPSA) is 136 Å². The SMILES string of the molecule is CCNC(=NCCc1ccc(NC(=O)OC(C)(C)C)cc1)NCCn1cc([N+](=O)[O-])cn1. The molecule has 11 nitrogen and oxygen atoms in total. The number of carbonyl (C=O) groups is 1. The van der Waals surface area contributed by atoms with Gasteiger partial charge in [0.15, 0.2) is 5.96 Å². The number of carbonyl (C=O) groups excluding carboxylic acids is 1. The van der Waals surface area contributed by atoms with Crippen molar-refractivity contribution in [3.05, 3.63) is 52.3 Å². The Morgan fingerprint density at radius 2 is 1.97 bits per heavy atom. The van der Waals surface area contributed by atoms with Crippen LogP contribution in [0.15, 0.2) is 41.7 Å². The summed E-state index contributed by atoms with van der Waals surface area (Å²) in [6.45, 7) is 9.71. The van der Waals surface area contributed by atoms with Gasteiger partial charge in [0.05, 0.1) is 11.5 Å². The van der Waals surface area contributed by atoms with Crippen molar-refractivity contribution in [3.8, 4) is 0 Å². The zero-order chi connectivity index (χ0) is 23.6. The van der Waals surface area contributed by atoms with Gasteiger partial charge in [-0.2, -0.15) is 5.10 Å². The summed E-state index contributed by atoms with van der Waals surface area (Å²) in [6, 6.07) is 7.53. The fourth-order valence-corrected chi connectivity index (χ4v) is 2.67. The number of anilines is 1. The van der Waals surface area contributed by atoms with Crippen LogP contribution in [0.2, 0.25) is 0 Å². The van der Waals surface area contributed by atoms with Gasteiger partial charge in [-0.1, -0.05) is 12.1 Å². The zero-order valence-electron chi connectivity index (χ0n) is 18.9. The lowest BCUT2D eigenvalue weighted by Gasteiger charge is -2.19. The molecule has 1 aromatic carbocycles. The van der Waals surface area contributed by atoms with Crippen molar-refractivity contribution >= 4 is 23.4 Å². The molecule has 0 atom stereocenters. The van der Waals surface area contributed by atoms with Gasteiger partial charge in [0.2, 0.25) is 0 Å². The highest BCUT2D eigenvalue weighted by atomic mass is 16.6. The lowest BCUT2D eigenvalue weighted by atomic mass is 10.1. The molecule has 0 bridgehead atoms. The molecule has 3 N–H and O–H groups in total. The van der Waals surface area contributed by atoms with Crippen LogP contribution in [0.25, 0.3) is 0 Å². The highest BCUT2D eigenvalue weighted by Crippen LogP contribution is 2.13. The Labute approximate surface area is 187 Å². The second-order valence-electron chi connectivity index (χ2n) is 7.98. The summed E-state index contributed by atoms with van der Waals surface area (Å²) >= 11 is 0. The number of nitrogens with zero attached hydrogens (tertiary/aromatic N) is 4. The number of guanidine groups is 1. The predicted octanol–water partition coefficient (Wildman–Crippen LogP) is 2.94. The van der Waals surface area contributed by atoms with Crippen molar-refractivity contribution in [1.29, 1.82) is 0 Å². The van der Waals surface area contributed by atoms with Crippen LogP contribution >= 0.6 is 0 Å². The van der Waals surface area contributed by atoms with Gasteiger partial charge >= 0.3 is 11.8 Å². The molecule has 0 aliphatic heterocycles. The van der Waals surface area contributed by atoms with Gasteiger partial charge in [0.1, 0.15) is 18.0 Å². The van der Waals surface area contributed by atoms with Crippen LogP contribution in [-0.2, 0) is 17.7 Å². The van der Waals surface area contributed by atoms with E-state index in [-0.39, 0.29) is 5.69 Å². The van der Waals surface area contributed by atoms with Gasteiger partial charge < -0.3 is 15.4 Å². The molecule has 0 aliphatic carbocycles. The van der Waals surface area contributed by atoms with Crippen LogP contribution in [-0.4, -0.2) is 52.0 Å². The van der Waals surface area contributed by atoms with Crippen LogP contribution in [0.1, 0.15) is 33.3 Å². The lowest BCUT2D eigenvalue weighted by molar-refractivity contribution is -0.385. The molecule has 32 heavy (non-hydrogen) atoms. The summed E-state index contributed by atoms with van der Waals surface area (Å²) in [5, 5.41) is 23.7. The van der Waals surface area contributed by atoms with Gasteiger partial charge in [0.25, 0.3) is 0 Å². The van der Waals surface area contributed by atoms with Crippen molar-refractivity contribution in [2.24, 2.45) is 4.99 Å². The maximum absolute atomic E-state index is 11.8. The quantitative estimate of drug-likeness (QED) is 0.234. The first-order chi connectivity index (χ1) is 15.2. The van der Waals surface area contributed by atoms with Crippen molar-refractivity contribution in [2.75, 3.05) is 25.0 Å². The average molecular weight is 446 g/mol. The number of nitrogens with one attached hydrogen (secondary N) is 3. The smallest absolute Gasteiger partial charge is 0.412 e. The van der Waals surface area contributed by atoms with E-state index in [2.05, 4.69) is 26.0 Å². The monoisotopic (exact) mass is 445 g/mol. The number of aliphatic imine (C=N–C) groups is 1. The minimum Gasteiger partial charge on any atom is -0.444 e. The molecule has 0 saturated heterocycles. The van der Waals surface area contributed by atoms with Gasteiger partial charge in [-0.3, -0.25) is 25.1 Å². The van der Waals surface area contributed by atoms with E-state index in [1.54, 1.807) is 0 Å². The maximum Gasteiger partial charge on any atom is 0.412 e. The number of rotatable bonds is 9. The van der Waals surface area contributed by atoms with E-state index in [1.807, 2.05) is 52.0 Å². The normalized spacial score (nSPS) is 11.7. The molecular formula is C21H31N7O4. The third-order valence-electron chi connectivity index (χ3n) is 4.08. The van der Waals surface area contributed by atoms with Crippen LogP contribution in [0.5, 0.6) is 0 Å². The first-order valence-corrected chi connectivity index (χ1v) is 10.4. The molecule has 0 unspecified atom stereocenters. The molecule has 0 aliphatic rings. The Hall–Kier alpha value is -3.63. The average Bonchev–Trinajstić information content (AvgIpc) is 3.17. The lowest BCUT2D eigenvalue weighted by Crippen LogP contribution is -2.39. The second-order valence-corrected chi connectivity index (χ2v) is 7.98. The van der Waals surface area contributed by atoms with Gasteiger partial charge in [-0.05, 0) is 51.8 Å². The summed E-state index contributed by atoms with van der Waals surface area (Å²) < 4.78 is 6.76. The van der Waals surface area contributed by atoms with E-state index in [1.165, 1.54) is 17.1 Å². The van der Waals surface area contributed by atoms with E-state index in [9.17, 15) is 14.9 Å². The number of hydrogen-bond acceptors (Lipinski definition) is 6. The molecule has 0 radical (unpaired) electrons. The first-order valence-electron chi connectivity index (χ1n) is 10.4. The Morgan fingerprint density at radius 3 is 2.56 bits per heavy atom. The molecular weight excluding hydrogens is 414 g/mol. The largest absolute Gasteiger partial charge is 0.444 e. The number of ether oxygens (including phenoxy) is 1. The summed E-state index contributed by atoms with van der Waals surface area (Å²) in [5.74, 6) is 0.664. The highest BCUT2D eigenvalue weighted by molar-refractivity contribution is 5.84. The minimum absolute atomic E-state index is 0.0297. The van der Waals surface area contributed by atoms with E-state index < -0.39 is 16.6 Å². The van der Waals surface area contributed by atoms with Gasteiger partial charge in [0, 0.05) is 25.3 Å². The third kappa shape index (κ3) is 9.02. The standard InChI is InChI=1S/C21H31N7O4/c1-5-22-19(24-12-13-27-15-18(14-25-27)28(30)31)23-11-10-16-6-8-17(9-7-16)26-20(29)32-21(2,3)4/h6-9,14-15H,5,10-13H2,1-4H3,(H,26,29)(H2,22,23,24). The van der Waals surface area contributed by atoms with Crippen LogP contribution in [0.4, 0.5) is 16.2 Å². The Bertz CT molecular complexity index is 917. The van der Waals surface area contributed by atoms with Crippen molar-refractivity contribution in [1.82, 2.24) is 20.4 Å². The Balaban J connectivity index is 1.80. The molecule has 11 heteroatoms. The summed E-state index contributed by atoms with van der Waals surface area (Å²) in [6.07, 6.45) is 2.87. The fraction of sp³-hybridized carbons (Fsp3) is 0.476. The van der Waals surface area contributed by atoms with Crippen molar-refractivity contribution in [2.45, 2.75) is 46.3 Å². The summed E-state index contributed by atoms with van der Waals surface area (Å²) in [5.41, 5.74) is 1.18. The van der Waals surface area contributed by atoms with Crippen LogP contribution in [0, 0.1) is 10.1 Å². The third-order valence-corrected chi connectivity index (χ3v) is 4.08. The summed E-state index contributed by atoms with van der Waals surface area (Å²) in [7, 11) is 0. The van der Waals surface area contributed by atoms with Crippen molar-refractivity contribution < 1.29 is 14.5 Å². The number of amides is 1. The number of aromatic nitrogens is 2. The zero-order valence-corrected chi connectivity index (χ0v) is 18.9. The van der Waals surface area contributed by atoms with Gasteiger partial charge in [-0.15, -0.1) is 0 Å². The highest BCUT2D eigenvalue weighted by Gasteiger charge is 2.16. The molecule has 0 fully saturated rings. The first kappa shape index (κ1) is 24.6. The van der Waals surface area contributed by atoms with Crippen LogP contribution < -0.4 is 16.0 Å². The number of nitro groups is 1. The Morgan fingerprint density at radius 1 is 1.25 bits per heavy atom. The van der Waals surface area contributed by atoms with E-state index in [0.29, 0.717) is 37.8 Å². The van der Waals surface area contributed by atoms with E-state index in [0.717, 1.165) is 12.0 Å². The fourth-order valence-electron chi connectivity index (χ4n) is 2.67. The Kier molecular flexibility index (Phi) is 8.99. The number of benzene rings is 1. The van der Waals surface area contributed by atoms with Crippen LogP contribution in [0.3, 0.4) is 0 Å². The van der Waals surface area contributed by atoms with Gasteiger partial charge in [-0.25, -0.2) is 4.79 Å². The molecule has 1 heterocycles. The summed E-state index contributed by atoms with van der Waals surface area (Å²) in [4.78, 5) is 26.6. The molecule has 0 spiro atoms. The molecule has 2 rings (SSSR count). The van der Waals surface area contributed by atoms with Crippen molar-refractivity contribution in [3.63, 3.8) is 0 Å². The van der Waals surface area contributed by atoms with E-state index >= 15 is 0 Å². The molecule has 2 aromatic rings. The second kappa shape index (κ2) is 11.7. The molecule has 0 saturated carbocycles.